The Labute approximate surface area is 166 Å². The maximum Gasteiger partial charge on any atom is 0.332 e. The molecule has 0 spiro atoms. The molecule has 0 aliphatic heterocycles. The molecular weight excluding hydrogens is 376 g/mol. The van der Waals surface area contributed by atoms with Crippen molar-refractivity contribution in [3.63, 3.8) is 0 Å². The van der Waals surface area contributed by atoms with Gasteiger partial charge in [-0.3, -0.25) is 14.2 Å². The lowest BCUT2D eigenvalue weighted by Gasteiger charge is -2.14. The minimum absolute atomic E-state index is 0.150. The van der Waals surface area contributed by atoms with Crippen LogP contribution in [0.2, 0.25) is 0 Å². The van der Waals surface area contributed by atoms with Gasteiger partial charge in [0, 0.05) is 18.8 Å². The van der Waals surface area contributed by atoms with E-state index in [1.54, 1.807) is 31.2 Å². The molecule has 0 saturated heterocycles. The largest absolute Gasteiger partial charge is 0.495 e. The van der Waals surface area contributed by atoms with Gasteiger partial charge in [0.05, 0.1) is 19.4 Å². The Balaban J connectivity index is 2.04. The molecule has 0 bridgehead atoms. The summed E-state index contributed by atoms with van der Waals surface area (Å²) in [5.74, 6) is 0.297. The number of benzene rings is 1. The highest BCUT2D eigenvalue weighted by atomic mass is 16.5. The number of aromatic nitrogens is 3. The van der Waals surface area contributed by atoms with Crippen molar-refractivity contribution >= 4 is 22.6 Å². The topological polar surface area (TPSA) is 104 Å². The van der Waals surface area contributed by atoms with Crippen molar-refractivity contribution in [3.8, 4) is 11.5 Å². The van der Waals surface area contributed by atoms with Gasteiger partial charge in [0.15, 0.2) is 5.65 Å². The lowest BCUT2D eigenvalue weighted by atomic mass is 10.2. The highest BCUT2D eigenvalue weighted by Gasteiger charge is 2.19. The van der Waals surface area contributed by atoms with Gasteiger partial charge in [0.25, 0.3) is 5.56 Å². The Bertz CT molecular complexity index is 1200. The number of amides is 1. The molecule has 0 saturated carbocycles. The van der Waals surface area contributed by atoms with Crippen LogP contribution in [0.1, 0.15) is 12.5 Å². The van der Waals surface area contributed by atoms with Crippen molar-refractivity contribution in [2.45, 2.75) is 20.4 Å². The van der Waals surface area contributed by atoms with Crippen LogP contribution in [0.25, 0.3) is 11.0 Å². The molecule has 0 aliphatic carbocycles. The fourth-order valence-electron chi connectivity index (χ4n) is 3.11. The number of anilines is 1. The van der Waals surface area contributed by atoms with Crippen LogP contribution in [0.3, 0.4) is 0 Å². The van der Waals surface area contributed by atoms with Crippen molar-refractivity contribution < 1.29 is 14.3 Å². The number of carbonyl (C=O) groups excluding carboxylic acids is 1. The van der Waals surface area contributed by atoms with E-state index in [1.165, 1.54) is 24.9 Å². The summed E-state index contributed by atoms with van der Waals surface area (Å²) in [7, 11) is 2.93. The maximum absolute atomic E-state index is 13.0. The Morgan fingerprint density at radius 3 is 2.66 bits per heavy atom. The number of hydrogen-bond donors (Lipinski definition) is 1. The first kappa shape index (κ1) is 20.1. The summed E-state index contributed by atoms with van der Waals surface area (Å²) in [6.45, 7) is 3.56. The van der Waals surface area contributed by atoms with Crippen LogP contribution >= 0.6 is 0 Å². The lowest BCUT2D eigenvalue weighted by Crippen LogP contribution is -2.42. The third kappa shape index (κ3) is 3.71. The first-order chi connectivity index (χ1) is 13.9. The summed E-state index contributed by atoms with van der Waals surface area (Å²) in [6.07, 6.45) is 1.53. The number of hydrogen-bond acceptors (Lipinski definition) is 6. The van der Waals surface area contributed by atoms with Crippen molar-refractivity contribution in [1.29, 1.82) is 0 Å². The van der Waals surface area contributed by atoms with Gasteiger partial charge in [-0.1, -0.05) is 12.1 Å². The number of nitrogens with zero attached hydrogens (tertiary/aromatic N) is 3. The normalized spacial score (nSPS) is 10.8. The number of fused-ring (bicyclic) bond motifs is 1. The molecule has 1 N–H and O–H groups in total. The molecule has 0 unspecified atom stereocenters. The van der Waals surface area contributed by atoms with Crippen molar-refractivity contribution in [1.82, 2.24) is 14.1 Å². The SMILES string of the molecule is CCOc1ccccc1NC(=O)Cn1c(=O)c2c(OC)c(C)cnc2n(C)c1=O. The highest BCUT2D eigenvalue weighted by Crippen LogP contribution is 2.24. The predicted molar refractivity (Wildman–Crippen MR) is 109 cm³/mol. The highest BCUT2D eigenvalue weighted by molar-refractivity contribution is 5.92. The first-order valence-electron chi connectivity index (χ1n) is 9.03. The molecule has 29 heavy (non-hydrogen) atoms. The van der Waals surface area contributed by atoms with E-state index in [0.717, 1.165) is 4.57 Å². The van der Waals surface area contributed by atoms with Crippen LogP contribution in [-0.4, -0.2) is 33.7 Å². The molecule has 0 radical (unpaired) electrons. The zero-order valence-electron chi connectivity index (χ0n) is 16.7. The molecule has 9 heteroatoms. The van der Waals surface area contributed by atoms with Crippen molar-refractivity contribution in [2.75, 3.05) is 19.0 Å². The van der Waals surface area contributed by atoms with E-state index in [-0.39, 0.29) is 11.0 Å². The quantitative estimate of drug-likeness (QED) is 0.674. The van der Waals surface area contributed by atoms with Crippen LogP contribution < -0.4 is 26.0 Å². The van der Waals surface area contributed by atoms with Gasteiger partial charge in [-0.15, -0.1) is 0 Å². The first-order valence-corrected chi connectivity index (χ1v) is 9.03. The number of carbonyl (C=O) groups is 1. The monoisotopic (exact) mass is 398 g/mol. The second-order valence-corrected chi connectivity index (χ2v) is 6.38. The van der Waals surface area contributed by atoms with E-state index in [0.29, 0.717) is 29.4 Å². The Kier molecular flexibility index (Phi) is 5.67. The summed E-state index contributed by atoms with van der Waals surface area (Å²) in [5, 5.41) is 2.84. The molecule has 152 valence electrons. The number of pyridine rings is 1. The van der Waals surface area contributed by atoms with Crippen LogP contribution in [0, 0.1) is 6.92 Å². The van der Waals surface area contributed by atoms with E-state index in [4.69, 9.17) is 9.47 Å². The third-order valence-electron chi connectivity index (χ3n) is 4.45. The van der Waals surface area contributed by atoms with Crippen LogP contribution in [0.5, 0.6) is 11.5 Å². The zero-order valence-corrected chi connectivity index (χ0v) is 16.7. The van der Waals surface area contributed by atoms with E-state index < -0.39 is 23.7 Å². The Morgan fingerprint density at radius 1 is 1.24 bits per heavy atom. The van der Waals surface area contributed by atoms with Gasteiger partial charge in [-0.05, 0) is 26.0 Å². The Morgan fingerprint density at radius 2 is 1.97 bits per heavy atom. The minimum Gasteiger partial charge on any atom is -0.495 e. The molecule has 0 fully saturated rings. The maximum atomic E-state index is 13.0. The smallest absolute Gasteiger partial charge is 0.332 e. The zero-order chi connectivity index (χ0) is 21.1. The number of rotatable bonds is 6. The molecule has 9 nitrogen and oxygen atoms in total. The summed E-state index contributed by atoms with van der Waals surface area (Å²) in [5.41, 5.74) is 0.0249. The van der Waals surface area contributed by atoms with E-state index in [1.807, 2.05) is 6.92 Å². The van der Waals surface area contributed by atoms with Gasteiger partial charge >= 0.3 is 5.69 Å². The summed E-state index contributed by atoms with van der Waals surface area (Å²) < 4.78 is 12.9. The van der Waals surface area contributed by atoms with Gasteiger partial charge in [-0.2, -0.15) is 0 Å². The molecule has 0 aliphatic rings. The summed E-state index contributed by atoms with van der Waals surface area (Å²) in [4.78, 5) is 42.5. The molecular formula is C20H22N4O5. The molecule has 3 aromatic rings. The average molecular weight is 398 g/mol. The minimum atomic E-state index is -0.644. The predicted octanol–water partition coefficient (Wildman–Crippen LogP) is 1.45. The number of aryl methyl sites for hydroxylation is 2. The van der Waals surface area contributed by atoms with Gasteiger partial charge < -0.3 is 14.8 Å². The molecule has 2 heterocycles. The summed E-state index contributed by atoms with van der Waals surface area (Å²) in [6, 6.07) is 6.94. The van der Waals surface area contributed by atoms with Crippen LogP contribution in [0.4, 0.5) is 5.69 Å². The molecule has 2 aromatic heterocycles. The van der Waals surface area contributed by atoms with E-state index in [9.17, 15) is 14.4 Å². The van der Waals surface area contributed by atoms with E-state index in [2.05, 4.69) is 10.3 Å². The number of para-hydroxylation sites is 2. The lowest BCUT2D eigenvalue weighted by molar-refractivity contribution is -0.116. The van der Waals surface area contributed by atoms with Gasteiger partial charge in [0.2, 0.25) is 5.91 Å². The van der Waals surface area contributed by atoms with Crippen molar-refractivity contribution in [2.24, 2.45) is 7.05 Å². The second-order valence-electron chi connectivity index (χ2n) is 6.38. The standard InChI is InChI=1S/C20H22N4O5/c1-5-29-14-9-7-6-8-13(14)22-15(25)11-24-19(26)16-17(28-4)12(2)10-21-18(16)23(3)20(24)27/h6-10H,5,11H2,1-4H3,(H,22,25). The van der Waals surface area contributed by atoms with Gasteiger partial charge in [-0.25, -0.2) is 14.3 Å². The molecule has 1 aromatic carbocycles. The second kappa shape index (κ2) is 8.17. The molecule has 1 amide bonds. The average Bonchev–Trinajstić information content (AvgIpc) is 2.71. The number of methoxy groups -OCH3 is 1. The molecule has 0 atom stereocenters. The summed E-state index contributed by atoms with van der Waals surface area (Å²) >= 11 is 0. The van der Waals surface area contributed by atoms with Crippen LogP contribution in [-0.2, 0) is 18.4 Å². The third-order valence-corrected chi connectivity index (χ3v) is 4.45. The number of ether oxygens (including phenoxy) is 2. The fourth-order valence-corrected chi connectivity index (χ4v) is 3.11. The molecule has 3 rings (SSSR count). The van der Waals surface area contributed by atoms with Crippen LogP contribution in [0.15, 0.2) is 40.1 Å². The Hall–Kier alpha value is -3.62. The van der Waals surface area contributed by atoms with Gasteiger partial charge in [0.1, 0.15) is 23.4 Å². The fraction of sp³-hybridized carbons (Fsp3) is 0.300. The number of nitrogens with one attached hydrogen (secondary N) is 1. The van der Waals surface area contributed by atoms with E-state index >= 15 is 0 Å². The van der Waals surface area contributed by atoms with Crippen molar-refractivity contribution in [3.05, 3.63) is 56.9 Å².